The van der Waals surface area contributed by atoms with Crippen LogP contribution in [0.4, 0.5) is 0 Å². The largest absolute Gasteiger partial charge is 0.385 e. The standard InChI is InChI=1S/C10H14BrNO2S/c1-12(4-3-5-14-2)10(13)8-6-9(11)15-7-8/h6-7H,3-5H2,1-2H3. The van der Waals surface area contributed by atoms with Gasteiger partial charge in [0.2, 0.25) is 0 Å². The van der Waals surface area contributed by atoms with Gasteiger partial charge in [-0.1, -0.05) is 0 Å². The molecule has 5 heteroatoms. The quantitative estimate of drug-likeness (QED) is 0.781. The predicted octanol–water partition coefficient (Wildman–Crippen LogP) is 2.62. The van der Waals surface area contributed by atoms with E-state index in [9.17, 15) is 4.79 Å². The van der Waals surface area contributed by atoms with Crippen LogP contribution in [0.15, 0.2) is 15.2 Å². The van der Waals surface area contributed by atoms with Crippen molar-refractivity contribution in [2.75, 3.05) is 27.3 Å². The number of hydrogen-bond donors (Lipinski definition) is 0. The summed E-state index contributed by atoms with van der Waals surface area (Å²) in [5, 5.41) is 1.86. The maximum Gasteiger partial charge on any atom is 0.254 e. The normalized spacial score (nSPS) is 10.3. The summed E-state index contributed by atoms with van der Waals surface area (Å²) in [6.45, 7) is 1.41. The molecule has 0 atom stereocenters. The number of carbonyl (C=O) groups excluding carboxylic acids is 1. The van der Waals surface area contributed by atoms with E-state index in [0.29, 0.717) is 6.61 Å². The van der Waals surface area contributed by atoms with Crippen molar-refractivity contribution < 1.29 is 9.53 Å². The van der Waals surface area contributed by atoms with E-state index < -0.39 is 0 Å². The van der Waals surface area contributed by atoms with Crippen LogP contribution >= 0.6 is 27.3 Å². The van der Waals surface area contributed by atoms with Gasteiger partial charge in [-0.05, 0) is 28.4 Å². The third kappa shape index (κ3) is 3.93. The van der Waals surface area contributed by atoms with Crippen LogP contribution in [0.25, 0.3) is 0 Å². The lowest BCUT2D eigenvalue weighted by Crippen LogP contribution is -2.27. The molecular formula is C10H14BrNO2S. The van der Waals surface area contributed by atoms with Crippen molar-refractivity contribution in [3.8, 4) is 0 Å². The van der Waals surface area contributed by atoms with Gasteiger partial charge in [-0.15, -0.1) is 11.3 Å². The monoisotopic (exact) mass is 291 g/mol. The van der Waals surface area contributed by atoms with E-state index in [1.165, 1.54) is 11.3 Å². The lowest BCUT2D eigenvalue weighted by atomic mass is 10.3. The number of rotatable bonds is 5. The molecule has 0 saturated heterocycles. The minimum absolute atomic E-state index is 0.0630. The molecule has 0 aliphatic heterocycles. The zero-order valence-corrected chi connectivity index (χ0v) is 11.2. The second kappa shape index (κ2) is 6.25. The highest BCUT2D eigenvalue weighted by molar-refractivity contribution is 9.11. The summed E-state index contributed by atoms with van der Waals surface area (Å²) >= 11 is 4.86. The van der Waals surface area contributed by atoms with Crippen molar-refractivity contribution in [1.29, 1.82) is 0 Å². The highest BCUT2D eigenvalue weighted by atomic mass is 79.9. The Kier molecular flexibility index (Phi) is 5.28. The van der Waals surface area contributed by atoms with Crippen LogP contribution in [0.3, 0.4) is 0 Å². The number of ether oxygens (including phenoxy) is 1. The van der Waals surface area contributed by atoms with Crippen LogP contribution < -0.4 is 0 Å². The first kappa shape index (κ1) is 12.7. The fourth-order valence-electron chi connectivity index (χ4n) is 1.19. The van der Waals surface area contributed by atoms with Crippen LogP contribution in [0.2, 0.25) is 0 Å². The minimum atomic E-state index is 0.0630. The summed E-state index contributed by atoms with van der Waals surface area (Å²) in [5.74, 6) is 0.0630. The number of amides is 1. The van der Waals surface area contributed by atoms with Crippen LogP contribution in [-0.4, -0.2) is 38.1 Å². The molecule has 15 heavy (non-hydrogen) atoms. The Balaban J connectivity index is 2.46. The number of hydrogen-bond acceptors (Lipinski definition) is 3. The molecule has 0 N–H and O–H groups in total. The number of halogens is 1. The zero-order chi connectivity index (χ0) is 11.3. The van der Waals surface area contributed by atoms with Crippen LogP contribution in [-0.2, 0) is 4.74 Å². The molecular weight excluding hydrogens is 278 g/mol. The Labute approximate surface area is 102 Å². The molecule has 1 heterocycles. The second-order valence-electron chi connectivity index (χ2n) is 3.21. The fraction of sp³-hybridized carbons (Fsp3) is 0.500. The lowest BCUT2D eigenvalue weighted by molar-refractivity contribution is 0.0780. The van der Waals surface area contributed by atoms with Crippen LogP contribution in [0.5, 0.6) is 0 Å². The molecule has 1 aromatic rings. The molecule has 0 radical (unpaired) electrons. The van der Waals surface area contributed by atoms with E-state index >= 15 is 0 Å². The van der Waals surface area contributed by atoms with Gasteiger partial charge in [-0.25, -0.2) is 0 Å². The van der Waals surface area contributed by atoms with E-state index in [1.54, 1.807) is 12.0 Å². The maximum atomic E-state index is 11.8. The Morgan fingerprint density at radius 3 is 2.93 bits per heavy atom. The molecule has 0 saturated carbocycles. The molecule has 0 bridgehead atoms. The summed E-state index contributed by atoms with van der Waals surface area (Å²) in [6.07, 6.45) is 0.865. The van der Waals surface area contributed by atoms with Crippen LogP contribution in [0.1, 0.15) is 16.8 Å². The van der Waals surface area contributed by atoms with Gasteiger partial charge in [0.05, 0.1) is 9.35 Å². The molecule has 1 aromatic heterocycles. The van der Waals surface area contributed by atoms with Gasteiger partial charge in [0, 0.05) is 32.7 Å². The SMILES string of the molecule is COCCCN(C)C(=O)c1csc(Br)c1. The first-order valence-corrected chi connectivity index (χ1v) is 6.31. The Morgan fingerprint density at radius 1 is 1.67 bits per heavy atom. The van der Waals surface area contributed by atoms with E-state index in [0.717, 1.165) is 22.3 Å². The highest BCUT2D eigenvalue weighted by Gasteiger charge is 2.12. The topological polar surface area (TPSA) is 29.5 Å². The van der Waals surface area contributed by atoms with E-state index in [4.69, 9.17) is 4.74 Å². The molecule has 0 aromatic carbocycles. The summed E-state index contributed by atoms with van der Waals surface area (Å²) in [4.78, 5) is 13.5. The Morgan fingerprint density at radius 2 is 2.40 bits per heavy atom. The lowest BCUT2D eigenvalue weighted by Gasteiger charge is -2.15. The highest BCUT2D eigenvalue weighted by Crippen LogP contribution is 2.21. The molecule has 1 amide bonds. The van der Waals surface area contributed by atoms with Crippen molar-refractivity contribution in [2.24, 2.45) is 0 Å². The summed E-state index contributed by atoms with van der Waals surface area (Å²) < 4.78 is 5.92. The van der Waals surface area contributed by atoms with Crippen molar-refractivity contribution in [3.05, 3.63) is 20.8 Å². The van der Waals surface area contributed by atoms with E-state index in [-0.39, 0.29) is 5.91 Å². The van der Waals surface area contributed by atoms with Crippen molar-refractivity contribution >= 4 is 33.2 Å². The predicted molar refractivity (Wildman–Crippen MR) is 65.5 cm³/mol. The molecule has 84 valence electrons. The van der Waals surface area contributed by atoms with Gasteiger partial charge in [-0.3, -0.25) is 4.79 Å². The fourth-order valence-corrected chi connectivity index (χ4v) is 2.32. The first-order valence-electron chi connectivity index (χ1n) is 4.63. The third-order valence-corrected chi connectivity index (χ3v) is 3.51. The molecule has 0 aliphatic carbocycles. The molecule has 0 spiro atoms. The summed E-state index contributed by atoms with van der Waals surface area (Å²) in [6, 6.07) is 1.85. The number of nitrogens with zero attached hydrogens (tertiary/aromatic N) is 1. The average molecular weight is 292 g/mol. The first-order chi connectivity index (χ1) is 7.15. The Hall–Kier alpha value is -0.390. The average Bonchev–Trinajstić information content (AvgIpc) is 2.64. The van der Waals surface area contributed by atoms with Gasteiger partial charge in [0.15, 0.2) is 0 Å². The summed E-state index contributed by atoms with van der Waals surface area (Å²) in [5.41, 5.74) is 0.742. The van der Waals surface area contributed by atoms with Gasteiger partial charge in [0.25, 0.3) is 5.91 Å². The molecule has 1 rings (SSSR count). The minimum Gasteiger partial charge on any atom is -0.385 e. The van der Waals surface area contributed by atoms with Crippen molar-refractivity contribution in [1.82, 2.24) is 4.90 Å². The van der Waals surface area contributed by atoms with Gasteiger partial charge >= 0.3 is 0 Å². The van der Waals surface area contributed by atoms with Gasteiger partial charge < -0.3 is 9.64 Å². The molecule has 0 fully saturated rings. The maximum absolute atomic E-state index is 11.8. The van der Waals surface area contributed by atoms with Crippen molar-refractivity contribution in [2.45, 2.75) is 6.42 Å². The Bertz CT molecular complexity index is 327. The van der Waals surface area contributed by atoms with Gasteiger partial charge in [-0.2, -0.15) is 0 Å². The number of methoxy groups -OCH3 is 1. The van der Waals surface area contributed by atoms with Gasteiger partial charge in [0.1, 0.15) is 0 Å². The molecule has 0 unspecified atom stereocenters. The van der Waals surface area contributed by atoms with Crippen LogP contribution in [0, 0.1) is 0 Å². The van der Waals surface area contributed by atoms with E-state index in [1.807, 2.05) is 18.5 Å². The zero-order valence-electron chi connectivity index (χ0n) is 8.83. The second-order valence-corrected chi connectivity index (χ2v) is 5.50. The number of thiophene rings is 1. The third-order valence-electron chi connectivity index (χ3n) is 2.00. The van der Waals surface area contributed by atoms with E-state index in [2.05, 4.69) is 15.9 Å². The molecule has 0 aliphatic rings. The number of carbonyl (C=O) groups is 1. The van der Waals surface area contributed by atoms with Crippen molar-refractivity contribution in [3.63, 3.8) is 0 Å². The molecule has 3 nitrogen and oxygen atoms in total. The smallest absolute Gasteiger partial charge is 0.254 e. The summed E-state index contributed by atoms with van der Waals surface area (Å²) in [7, 11) is 3.47.